The Bertz CT molecular complexity index is 1000. The van der Waals surface area contributed by atoms with Crippen LogP contribution < -0.4 is 5.32 Å². The van der Waals surface area contributed by atoms with Crippen LogP contribution in [0.4, 0.5) is 11.6 Å². The number of nitrogens with one attached hydrogen (secondary N) is 1. The average Bonchev–Trinajstić information content (AvgIpc) is 3.21. The molecule has 0 amide bonds. The molecule has 8 heteroatoms. The van der Waals surface area contributed by atoms with Gasteiger partial charge in [-0.15, -0.1) is 11.3 Å². The van der Waals surface area contributed by atoms with Crippen molar-refractivity contribution in [1.29, 1.82) is 0 Å². The second-order valence-electron chi connectivity index (χ2n) is 5.03. The normalized spacial score (nSPS) is 11.3. The molecule has 1 N–H and O–H groups in total. The summed E-state index contributed by atoms with van der Waals surface area (Å²) in [6.07, 6.45) is 2.47. The van der Waals surface area contributed by atoms with Gasteiger partial charge in [0.05, 0.1) is 0 Å². The molecule has 23 heavy (non-hydrogen) atoms. The van der Waals surface area contributed by atoms with Crippen LogP contribution in [-0.4, -0.2) is 20.9 Å². The summed E-state index contributed by atoms with van der Waals surface area (Å²) in [4.78, 5) is 15.8. The summed E-state index contributed by atoms with van der Waals surface area (Å²) in [7, 11) is 0. The van der Waals surface area contributed by atoms with E-state index in [-0.39, 0.29) is 5.82 Å². The Kier molecular flexibility index (Phi) is 3.47. The maximum atomic E-state index is 11.3. The Hall–Kier alpha value is -2.45. The lowest BCUT2D eigenvalue weighted by atomic mass is 10.1. The number of nitro groups is 1. The van der Waals surface area contributed by atoms with E-state index in [1.54, 1.807) is 22.9 Å². The number of imidazole rings is 1. The van der Waals surface area contributed by atoms with Crippen LogP contribution in [0.3, 0.4) is 0 Å². The largest absolute Gasteiger partial charge is 0.372 e. The van der Waals surface area contributed by atoms with Gasteiger partial charge in [-0.25, -0.2) is 0 Å². The SMILES string of the molecule is O=[N+]([O-])c1c(NCCc2csc3ccccc23)nc2sccn12. The predicted molar refractivity (Wildman–Crippen MR) is 93.7 cm³/mol. The minimum absolute atomic E-state index is 0.00331. The maximum absolute atomic E-state index is 11.3. The van der Waals surface area contributed by atoms with E-state index >= 15 is 0 Å². The minimum Gasteiger partial charge on any atom is -0.363 e. The van der Waals surface area contributed by atoms with Crippen molar-refractivity contribution in [3.8, 4) is 0 Å². The molecule has 0 fully saturated rings. The minimum atomic E-state index is -0.394. The fourth-order valence-electron chi connectivity index (χ4n) is 2.61. The molecule has 0 atom stereocenters. The van der Waals surface area contributed by atoms with E-state index in [9.17, 15) is 10.1 Å². The van der Waals surface area contributed by atoms with Crippen molar-refractivity contribution >= 4 is 49.4 Å². The van der Waals surface area contributed by atoms with Gasteiger partial charge in [0.25, 0.3) is 4.96 Å². The first kappa shape index (κ1) is 14.2. The van der Waals surface area contributed by atoms with Gasteiger partial charge in [-0.3, -0.25) is 0 Å². The van der Waals surface area contributed by atoms with Crippen LogP contribution >= 0.6 is 22.7 Å². The van der Waals surface area contributed by atoms with Crippen LogP contribution in [0.5, 0.6) is 0 Å². The summed E-state index contributed by atoms with van der Waals surface area (Å²) in [5.41, 5.74) is 1.25. The van der Waals surface area contributed by atoms with Gasteiger partial charge >= 0.3 is 5.82 Å². The smallest absolute Gasteiger partial charge is 0.363 e. The number of thiophene rings is 1. The highest BCUT2D eigenvalue weighted by Crippen LogP contribution is 2.29. The van der Waals surface area contributed by atoms with Crippen molar-refractivity contribution in [1.82, 2.24) is 9.38 Å². The molecule has 1 aromatic carbocycles. The highest BCUT2D eigenvalue weighted by atomic mass is 32.1. The van der Waals surface area contributed by atoms with Gasteiger partial charge in [-0.1, -0.05) is 29.5 Å². The second kappa shape index (κ2) is 5.64. The molecule has 0 unspecified atom stereocenters. The number of thiazole rings is 1. The van der Waals surface area contributed by atoms with E-state index in [4.69, 9.17) is 0 Å². The molecule has 0 spiro atoms. The summed E-state index contributed by atoms with van der Waals surface area (Å²) >= 11 is 3.10. The summed E-state index contributed by atoms with van der Waals surface area (Å²) < 4.78 is 2.77. The molecular weight excluding hydrogens is 332 g/mol. The molecule has 4 aromatic rings. The van der Waals surface area contributed by atoms with Crippen molar-refractivity contribution in [2.24, 2.45) is 0 Å². The quantitative estimate of drug-likeness (QED) is 0.435. The number of hydrogen-bond acceptors (Lipinski definition) is 6. The molecule has 0 bridgehead atoms. The number of rotatable bonds is 5. The Labute approximate surface area is 139 Å². The first-order valence-electron chi connectivity index (χ1n) is 7.03. The Morgan fingerprint density at radius 1 is 1.30 bits per heavy atom. The van der Waals surface area contributed by atoms with Crippen molar-refractivity contribution in [3.05, 3.63) is 56.9 Å². The molecule has 0 saturated carbocycles. The molecule has 116 valence electrons. The summed E-state index contributed by atoms with van der Waals surface area (Å²) in [5.74, 6) is 0.331. The van der Waals surface area contributed by atoms with E-state index in [2.05, 4.69) is 27.8 Å². The molecule has 0 aliphatic rings. The van der Waals surface area contributed by atoms with Crippen molar-refractivity contribution < 1.29 is 4.92 Å². The zero-order valence-electron chi connectivity index (χ0n) is 11.9. The van der Waals surface area contributed by atoms with Gasteiger partial charge in [0.15, 0.2) is 0 Å². The zero-order chi connectivity index (χ0) is 15.8. The Balaban J connectivity index is 1.54. The monoisotopic (exact) mass is 344 g/mol. The van der Waals surface area contributed by atoms with E-state index in [0.717, 1.165) is 6.42 Å². The third-order valence-electron chi connectivity index (χ3n) is 3.66. The second-order valence-corrected chi connectivity index (χ2v) is 6.81. The molecule has 6 nitrogen and oxygen atoms in total. The molecule has 0 aliphatic heterocycles. The summed E-state index contributed by atoms with van der Waals surface area (Å²) in [5, 5.41) is 19.6. The van der Waals surface area contributed by atoms with E-state index < -0.39 is 4.92 Å². The number of benzene rings is 1. The predicted octanol–water partition coefficient (Wildman–Crippen LogP) is 4.17. The highest BCUT2D eigenvalue weighted by Gasteiger charge is 2.23. The van der Waals surface area contributed by atoms with Crippen LogP contribution in [-0.2, 0) is 6.42 Å². The average molecular weight is 344 g/mol. The fourth-order valence-corrected chi connectivity index (χ4v) is 4.32. The van der Waals surface area contributed by atoms with E-state index in [1.165, 1.54) is 31.4 Å². The highest BCUT2D eigenvalue weighted by molar-refractivity contribution is 7.17. The van der Waals surface area contributed by atoms with Gasteiger partial charge < -0.3 is 15.4 Å². The fraction of sp³-hybridized carbons (Fsp3) is 0.133. The van der Waals surface area contributed by atoms with E-state index in [1.807, 2.05) is 12.1 Å². The lowest BCUT2D eigenvalue weighted by Gasteiger charge is -2.03. The molecule has 0 saturated heterocycles. The van der Waals surface area contributed by atoms with Crippen molar-refractivity contribution in [2.75, 3.05) is 11.9 Å². The molecule has 0 aliphatic carbocycles. The van der Waals surface area contributed by atoms with Crippen LogP contribution in [0.1, 0.15) is 5.56 Å². The first-order chi connectivity index (χ1) is 11.2. The number of hydrogen-bond donors (Lipinski definition) is 1. The Morgan fingerprint density at radius 2 is 2.17 bits per heavy atom. The Morgan fingerprint density at radius 3 is 3.04 bits per heavy atom. The van der Waals surface area contributed by atoms with Crippen molar-refractivity contribution in [2.45, 2.75) is 6.42 Å². The zero-order valence-corrected chi connectivity index (χ0v) is 13.6. The van der Waals surface area contributed by atoms with Crippen LogP contribution in [0, 0.1) is 10.1 Å². The number of anilines is 1. The lowest BCUT2D eigenvalue weighted by Crippen LogP contribution is -2.07. The lowest BCUT2D eigenvalue weighted by molar-refractivity contribution is -0.389. The van der Waals surface area contributed by atoms with Gasteiger partial charge in [-0.2, -0.15) is 9.38 Å². The topological polar surface area (TPSA) is 72.5 Å². The number of nitrogens with zero attached hydrogens (tertiary/aromatic N) is 3. The molecule has 3 heterocycles. The van der Waals surface area contributed by atoms with Gasteiger partial charge in [0.2, 0.25) is 5.82 Å². The van der Waals surface area contributed by atoms with Crippen LogP contribution in [0.25, 0.3) is 15.0 Å². The molecule has 3 aromatic heterocycles. The standard InChI is InChI=1S/C15H12N4O2S2/c20-19(21)14-13(17-15-18(14)7-8-22-15)16-6-5-10-9-23-12-4-2-1-3-11(10)12/h1-4,7-9,16H,5-6H2. The van der Waals surface area contributed by atoms with Gasteiger partial charge in [0.1, 0.15) is 6.20 Å². The van der Waals surface area contributed by atoms with Crippen LogP contribution in [0.2, 0.25) is 0 Å². The summed E-state index contributed by atoms with van der Waals surface area (Å²) in [6, 6.07) is 8.27. The van der Waals surface area contributed by atoms with Gasteiger partial charge in [-0.05, 0) is 33.7 Å². The number of fused-ring (bicyclic) bond motifs is 2. The third kappa shape index (κ3) is 2.45. The molecular formula is C15H12N4O2S2. The molecule has 0 radical (unpaired) electrons. The number of aromatic nitrogens is 2. The third-order valence-corrected chi connectivity index (χ3v) is 5.43. The van der Waals surface area contributed by atoms with E-state index in [0.29, 0.717) is 17.3 Å². The van der Waals surface area contributed by atoms with Gasteiger partial charge in [0, 0.05) is 16.6 Å². The summed E-state index contributed by atoms with van der Waals surface area (Å²) in [6.45, 7) is 0.604. The first-order valence-corrected chi connectivity index (χ1v) is 8.79. The van der Waals surface area contributed by atoms with Crippen molar-refractivity contribution in [3.63, 3.8) is 0 Å². The maximum Gasteiger partial charge on any atom is 0.372 e. The molecule has 4 rings (SSSR count). The van der Waals surface area contributed by atoms with Crippen LogP contribution in [0.15, 0.2) is 41.2 Å².